The van der Waals surface area contributed by atoms with E-state index in [1.54, 1.807) is 0 Å². The van der Waals surface area contributed by atoms with Crippen LogP contribution in [0.1, 0.15) is 19.3 Å². The van der Waals surface area contributed by atoms with E-state index < -0.39 is 36.0 Å². The van der Waals surface area contributed by atoms with Gasteiger partial charge in [0.05, 0.1) is 11.8 Å². The number of hydrogen-bond donors (Lipinski definition) is 2. The average molecular weight is 300 g/mol. The summed E-state index contributed by atoms with van der Waals surface area (Å²) in [5.74, 6) is -5.03. The van der Waals surface area contributed by atoms with Gasteiger partial charge in [-0.15, -0.1) is 0 Å². The molecule has 21 heavy (non-hydrogen) atoms. The lowest BCUT2D eigenvalue weighted by atomic mass is 9.68. The molecule has 0 aromatic carbocycles. The van der Waals surface area contributed by atoms with Crippen LogP contribution in [0.4, 0.5) is 0 Å². The predicted molar refractivity (Wildman–Crippen MR) is 65.0 cm³/mol. The van der Waals surface area contributed by atoms with Crippen LogP contribution in [0.3, 0.4) is 0 Å². The van der Waals surface area contributed by atoms with Crippen LogP contribution in [0.15, 0.2) is 0 Å². The summed E-state index contributed by atoms with van der Waals surface area (Å²) in [5, 5.41) is 18.4. The number of carboxylic acid groups (broad SMARTS) is 2. The summed E-state index contributed by atoms with van der Waals surface area (Å²) < 4.78 is 9.91. The molecule has 0 saturated heterocycles. The van der Waals surface area contributed by atoms with Crippen LogP contribution in [-0.4, -0.2) is 47.3 Å². The van der Waals surface area contributed by atoms with Crippen LogP contribution >= 0.6 is 0 Å². The lowest BCUT2D eigenvalue weighted by molar-refractivity contribution is -0.160. The summed E-state index contributed by atoms with van der Waals surface area (Å²) in [6.45, 7) is 0.564. The Labute approximate surface area is 120 Å². The first-order valence-corrected chi connectivity index (χ1v) is 6.63. The molecule has 2 aliphatic rings. The molecule has 0 aromatic rings. The maximum atomic E-state index is 11.3. The monoisotopic (exact) mass is 300 g/mol. The first-order valence-electron chi connectivity index (χ1n) is 6.63. The summed E-state index contributed by atoms with van der Waals surface area (Å²) in [7, 11) is 0. The first kappa shape index (κ1) is 15.3. The van der Waals surface area contributed by atoms with Gasteiger partial charge in [0.25, 0.3) is 12.9 Å². The lowest BCUT2D eigenvalue weighted by Crippen LogP contribution is -2.42. The summed E-state index contributed by atoms with van der Waals surface area (Å²) in [5.41, 5.74) is 0. The number of ether oxygens (including phenoxy) is 2. The van der Waals surface area contributed by atoms with Gasteiger partial charge in [-0.3, -0.25) is 19.2 Å². The van der Waals surface area contributed by atoms with Crippen molar-refractivity contribution >= 4 is 24.9 Å². The Kier molecular flexibility index (Phi) is 4.44. The van der Waals surface area contributed by atoms with Crippen molar-refractivity contribution in [3.63, 3.8) is 0 Å². The molecule has 0 bridgehead atoms. The Morgan fingerprint density at radius 1 is 0.810 bits per heavy atom. The molecule has 2 aliphatic carbocycles. The SMILES string of the molecule is O=COC1CC(OC=O)C2CC(C(=O)O)C(C(=O)O)CC12. The summed E-state index contributed by atoms with van der Waals surface area (Å²) in [6, 6.07) is 0. The number of aliphatic carboxylic acids is 2. The van der Waals surface area contributed by atoms with Gasteiger partial charge in [-0.25, -0.2) is 0 Å². The van der Waals surface area contributed by atoms with Crippen LogP contribution < -0.4 is 0 Å². The number of hydrogen-bond acceptors (Lipinski definition) is 6. The fourth-order valence-corrected chi connectivity index (χ4v) is 3.70. The maximum Gasteiger partial charge on any atom is 0.307 e. The molecule has 0 amide bonds. The Balaban J connectivity index is 2.24. The highest BCUT2D eigenvalue weighted by Gasteiger charge is 2.54. The van der Waals surface area contributed by atoms with Gasteiger partial charge in [0.1, 0.15) is 12.2 Å². The van der Waals surface area contributed by atoms with E-state index in [1.807, 2.05) is 0 Å². The largest absolute Gasteiger partial charge is 0.481 e. The van der Waals surface area contributed by atoms with Gasteiger partial charge >= 0.3 is 11.9 Å². The van der Waals surface area contributed by atoms with Crippen molar-refractivity contribution in [3.8, 4) is 0 Å². The van der Waals surface area contributed by atoms with Crippen molar-refractivity contribution in [1.29, 1.82) is 0 Å². The third-order valence-electron chi connectivity index (χ3n) is 4.60. The van der Waals surface area contributed by atoms with Crippen molar-refractivity contribution in [1.82, 2.24) is 0 Å². The lowest BCUT2D eigenvalue weighted by Gasteiger charge is -2.36. The third-order valence-corrected chi connectivity index (χ3v) is 4.60. The van der Waals surface area contributed by atoms with Gasteiger partial charge in [-0.05, 0) is 12.8 Å². The Hall–Kier alpha value is -2.12. The number of carbonyl (C=O) groups is 4. The minimum Gasteiger partial charge on any atom is -0.481 e. The molecule has 0 aliphatic heterocycles. The molecule has 0 radical (unpaired) electrons. The van der Waals surface area contributed by atoms with E-state index in [2.05, 4.69) is 0 Å². The molecule has 2 rings (SSSR count). The summed E-state index contributed by atoms with van der Waals surface area (Å²) in [6.07, 6.45) is -0.642. The molecule has 0 aromatic heterocycles. The second-order valence-electron chi connectivity index (χ2n) is 5.47. The van der Waals surface area contributed by atoms with Gasteiger partial charge in [-0.2, -0.15) is 0 Å². The van der Waals surface area contributed by atoms with Gasteiger partial charge < -0.3 is 19.7 Å². The highest BCUT2D eigenvalue weighted by atomic mass is 16.5. The number of fused-ring (bicyclic) bond motifs is 1. The highest BCUT2D eigenvalue weighted by molar-refractivity contribution is 5.80. The Bertz CT molecular complexity index is 407. The molecular formula is C13H16O8. The molecule has 8 nitrogen and oxygen atoms in total. The van der Waals surface area contributed by atoms with E-state index in [-0.39, 0.29) is 44.0 Å². The Morgan fingerprint density at radius 3 is 1.48 bits per heavy atom. The van der Waals surface area contributed by atoms with Crippen molar-refractivity contribution in [2.75, 3.05) is 0 Å². The van der Waals surface area contributed by atoms with E-state index in [0.717, 1.165) is 0 Å². The van der Waals surface area contributed by atoms with Crippen LogP contribution in [0.25, 0.3) is 0 Å². The highest BCUT2D eigenvalue weighted by Crippen LogP contribution is 2.49. The molecule has 6 unspecified atom stereocenters. The van der Waals surface area contributed by atoms with Gasteiger partial charge in [-0.1, -0.05) is 0 Å². The zero-order chi connectivity index (χ0) is 15.6. The van der Waals surface area contributed by atoms with E-state index in [1.165, 1.54) is 0 Å². The molecule has 116 valence electrons. The second-order valence-corrected chi connectivity index (χ2v) is 5.47. The van der Waals surface area contributed by atoms with Crippen molar-refractivity contribution in [3.05, 3.63) is 0 Å². The maximum absolute atomic E-state index is 11.3. The molecular weight excluding hydrogens is 284 g/mol. The minimum atomic E-state index is -1.18. The minimum absolute atomic E-state index is 0.0915. The molecule has 8 heteroatoms. The van der Waals surface area contributed by atoms with Crippen LogP contribution in [0.2, 0.25) is 0 Å². The molecule has 6 atom stereocenters. The predicted octanol–water partition coefficient (Wildman–Crippen LogP) is -0.0989. The van der Waals surface area contributed by atoms with Crippen molar-refractivity contribution in [2.24, 2.45) is 23.7 Å². The average Bonchev–Trinajstić information content (AvgIpc) is 2.76. The zero-order valence-electron chi connectivity index (χ0n) is 11.1. The third kappa shape index (κ3) is 2.84. The van der Waals surface area contributed by atoms with Gasteiger partial charge in [0.2, 0.25) is 0 Å². The van der Waals surface area contributed by atoms with E-state index in [4.69, 9.17) is 9.47 Å². The van der Waals surface area contributed by atoms with Crippen LogP contribution in [0, 0.1) is 23.7 Å². The first-order chi connectivity index (χ1) is 9.99. The smallest absolute Gasteiger partial charge is 0.307 e. The molecule has 2 saturated carbocycles. The quantitative estimate of drug-likeness (QED) is 0.651. The molecule has 0 spiro atoms. The number of carboxylic acids is 2. The molecule has 2 fully saturated rings. The molecule has 2 N–H and O–H groups in total. The van der Waals surface area contributed by atoms with Gasteiger partial charge in [0, 0.05) is 18.3 Å². The second kappa shape index (κ2) is 6.11. The normalized spacial score (nSPS) is 38.1. The standard InChI is InChI=1S/C13H16O8/c14-4-20-10-3-11(21-5-15)7-2-9(13(18)19)8(12(16)17)1-6(7)10/h4-11H,1-3H2,(H,16,17)(H,18,19). The van der Waals surface area contributed by atoms with Crippen LogP contribution in [0.5, 0.6) is 0 Å². The van der Waals surface area contributed by atoms with Gasteiger partial charge in [0.15, 0.2) is 0 Å². The van der Waals surface area contributed by atoms with Crippen molar-refractivity contribution in [2.45, 2.75) is 31.5 Å². The van der Waals surface area contributed by atoms with E-state index >= 15 is 0 Å². The van der Waals surface area contributed by atoms with E-state index in [0.29, 0.717) is 0 Å². The zero-order valence-corrected chi connectivity index (χ0v) is 11.1. The van der Waals surface area contributed by atoms with Crippen LogP contribution in [-0.2, 0) is 28.7 Å². The van der Waals surface area contributed by atoms with E-state index in [9.17, 15) is 29.4 Å². The Morgan fingerprint density at radius 2 is 1.19 bits per heavy atom. The molecule has 0 heterocycles. The fraction of sp³-hybridized carbons (Fsp3) is 0.692. The summed E-state index contributed by atoms with van der Waals surface area (Å²) in [4.78, 5) is 43.6. The number of rotatable bonds is 6. The van der Waals surface area contributed by atoms with Crippen molar-refractivity contribution < 1.29 is 38.9 Å². The summed E-state index contributed by atoms with van der Waals surface area (Å²) >= 11 is 0. The topological polar surface area (TPSA) is 127 Å². The number of carbonyl (C=O) groups excluding carboxylic acids is 2. The fourth-order valence-electron chi connectivity index (χ4n) is 3.70.